The van der Waals surface area contributed by atoms with Crippen LogP contribution in [0, 0.1) is 5.41 Å². The van der Waals surface area contributed by atoms with Gasteiger partial charge >= 0.3 is 0 Å². The second-order valence-electron chi connectivity index (χ2n) is 3.34. The van der Waals surface area contributed by atoms with Gasteiger partial charge in [-0.05, 0) is 17.5 Å². The highest BCUT2D eigenvalue weighted by Crippen LogP contribution is 2.24. The van der Waals surface area contributed by atoms with Crippen LogP contribution in [0.5, 0.6) is 0 Å². The van der Waals surface area contributed by atoms with Gasteiger partial charge < -0.3 is 4.74 Å². The molecule has 0 saturated heterocycles. The van der Waals surface area contributed by atoms with Crippen molar-refractivity contribution in [2.75, 3.05) is 13.8 Å². The van der Waals surface area contributed by atoms with Crippen molar-refractivity contribution in [1.82, 2.24) is 9.78 Å². The normalized spacial score (nSPS) is 10.5. The Balaban J connectivity index is 2.40. The van der Waals surface area contributed by atoms with Crippen molar-refractivity contribution >= 4 is 17.2 Å². The average Bonchev–Trinajstić information content (AvgIpc) is 2.96. The lowest BCUT2D eigenvalue weighted by atomic mass is 10.3. The fourth-order valence-electron chi connectivity index (χ4n) is 1.50. The van der Waals surface area contributed by atoms with Crippen LogP contribution < -0.4 is 0 Å². The Hall–Kier alpha value is -1.69. The maximum atomic E-state index is 12.4. The fourth-order valence-corrected chi connectivity index (χ4v) is 2.18. The minimum atomic E-state index is -0.518. The van der Waals surface area contributed by atoms with Crippen molar-refractivity contribution in [1.29, 1.82) is 5.41 Å². The summed E-state index contributed by atoms with van der Waals surface area (Å²) in [5.41, 5.74) is 1.24. The van der Waals surface area contributed by atoms with Crippen molar-refractivity contribution < 1.29 is 9.13 Å². The zero-order valence-corrected chi connectivity index (χ0v) is 10.1. The van der Waals surface area contributed by atoms with Crippen LogP contribution in [-0.2, 0) is 11.3 Å². The van der Waals surface area contributed by atoms with Crippen molar-refractivity contribution in [2.24, 2.45) is 0 Å². The van der Waals surface area contributed by atoms with Gasteiger partial charge in [0.05, 0.1) is 18.5 Å². The third-order valence-electron chi connectivity index (χ3n) is 2.29. The van der Waals surface area contributed by atoms with Gasteiger partial charge in [0.1, 0.15) is 18.1 Å². The lowest BCUT2D eigenvalue weighted by molar-refractivity contribution is 0.387. The van der Waals surface area contributed by atoms with Gasteiger partial charge in [-0.2, -0.15) is 5.10 Å². The van der Waals surface area contributed by atoms with E-state index in [0.29, 0.717) is 5.69 Å². The van der Waals surface area contributed by atoms with E-state index in [2.05, 4.69) is 5.10 Å². The smallest absolute Gasteiger partial charge is 0.231 e. The molecule has 1 N–H and O–H groups in total. The van der Waals surface area contributed by atoms with E-state index >= 15 is 0 Å². The molecule has 0 aliphatic rings. The van der Waals surface area contributed by atoms with E-state index in [1.807, 2.05) is 17.5 Å². The molecule has 4 nitrogen and oxygen atoms in total. The molecule has 0 aromatic carbocycles. The minimum absolute atomic E-state index is 0.00578. The van der Waals surface area contributed by atoms with E-state index in [1.165, 1.54) is 11.8 Å². The summed E-state index contributed by atoms with van der Waals surface area (Å²) >= 11 is 1.55. The third-order valence-corrected chi connectivity index (χ3v) is 3.18. The molecule has 0 aliphatic carbocycles. The van der Waals surface area contributed by atoms with Crippen molar-refractivity contribution in [3.63, 3.8) is 0 Å². The van der Waals surface area contributed by atoms with Crippen LogP contribution in [0.4, 0.5) is 4.39 Å². The first-order chi connectivity index (χ1) is 8.26. The topological polar surface area (TPSA) is 50.9 Å². The number of hydrogen-bond donors (Lipinski definition) is 1. The van der Waals surface area contributed by atoms with Crippen molar-refractivity contribution in [2.45, 2.75) is 6.54 Å². The van der Waals surface area contributed by atoms with Gasteiger partial charge in [-0.25, -0.2) is 4.39 Å². The number of hydrogen-bond acceptors (Lipinski definition) is 4. The summed E-state index contributed by atoms with van der Waals surface area (Å²) < 4.78 is 18.7. The molecule has 0 aliphatic heterocycles. The maximum absolute atomic E-state index is 12.4. The number of rotatable bonds is 4. The van der Waals surface area contributed by atoms with Crippen LogP contribution >= 0.6 is 11.3 Å². The van der Waals surface area contributed by atoms with Gasteiger partial charge in [0.15, 0.2) is 0 Å². The number of nitrogens with one attached hydrogen (secondary N) is 1. The highest BCUT2D eigenvalue weighted by molar-refractivity contribution is 7.13. The second kappa shape index (κ2) is 5.09. The van der Waals surface area contributed by atoms with E-state index < -0.39 is 6.67 Å². The van der Waals surface area contributed by atoms with Crippen LogP contribution in [0.15, 0.2) is 23.6 Å². The van der Waals surface area contributed by atoms with Crippen LogP contribution in [0.2, 0.25) is 0 Å². The Morgan fingerprint density at radius 1 is 1.65 bits per heavy atom. The van der Waals surface area contributed by atoms with Gasteiger partial charge in [-0.3, -0.25) is 10.1 Å². The Labute approximate surface area is 102 Å². The second-order valence-corrected chi connectivity index (χ2v) is 4.29. The molecule has 0 saturated carbocycles. The van der Waals surface area contributed by atoms with Crippen LogP contribution in [-0.4, -0.2) is 29.5 Å². The molecule has 2 rings (SSSR count). The SMILES string of the molecule is COC(=N)c1cc(-c2cccs2)nn1CCF. The zero-order valence-electron chi connectivity index (χ0n) is 9.31. The first-order valence-electron chi connectivity index (χ1n) is 5.07. The molecular formula is C11H12FN3OS. The summed E-state index contributed by atoms with van der Waals surface area (Å²) in [6.45, 7) is -0.387. The number of methoxy groups -OCH3 is 1. The number of ether oxygens (including phenoxy) is 1. The molecule has 90 valence electrons. The Kier molecular flexibility index (Phi) is 3.53. The Bertz CT molecular complexity index is 507. The summed E-state index contributed by atoms with van der Waals surface area (Å²) in [5, 5.41) is 13.9. The Morgan fingerprint density at radius 3 is 3.06 bits per heavy atom. The lowest BCUT2D eigenvalue weighted by Gasteiger charge is -2.04. The molecule has 0 bridgehead atoms. The van der Waals surface area contributed by atoms with E-state index in [4.69, 9.17) is 10.1 Å². The number of halogens is 1. The maximum Gasteiger partial charge on any atom is 0.231 e. The third kappa shape index (κ3) is 2.36. The van der Waals surface area contributed by atoms with Gasteiger partial charge in [-0.1, -0.05) is 6.07 Å². The minimum Gasteiger partial charge on any atom is -0.480 e. The molecule has 0 unspecified atom stereocenters. The Morgan fingerprint density at radius 2 is 2.47 bits per heavy atom. The van der Waals surface area contributed by atoms with Gasteiger partial charge in [0.2, 0.25) is 5.90 Å². The molecule has 2 heterocycles. The van der Waals surface area contributed by atoms with Gasteiger partial charge in [0, 0.05) is 0 Å². The van der Waals surface area contributed by atoms with E-state index in [1.54, 1.807) is 17.4 Å². The molecule has 6 heteroatoms. The lowest BCUT2D eigenvalue weighted by Crippen LogP contribution is -2.12. The summed E-state index contributed by atoms with van der Waals surface area (Å²) in [6.07, 6.45) is 0. The van der Waals surface area contributed by atoms with Crippen molar-refractivity contribution in [3.05, 3.63) is 29.3 Å². The molecule has 0 radical (unpaired) electrons. The largest absolute Gasteiger partial charge is 0.480 e. The molecule has 0 amide bonds. The quantitative estimate of drug-likeness (QED) is 0.672. The number of alkyl halides is 1. The predicted octanol–water partition coefficient (Wildman–Crippen LogP) is 2.55. The summed E-state index contributed by atoms with van der Waals surface area (Å²) in [5.74, 6) is -0.00578. The number of aryl methyl sites for hydroxylation is 1. The summed E-state index contributed by atoms with van der Waals surface area (Å²) in [4.78, 5) is 0.993. The monoisotopic (exact) mass is 253 g/mol. The molecule has 2 aromatic rings. The highest BCUT2D eigenvalue weighted by atomic mass is 32.1. The van der Waals surface area contributed by atoms with E-state index in [9.17, 15) is 4.39 Å². The van der Waals surface area contributed by atoms with Crippen LogP contribution in [0.1, 0.15) is 5.69 Å². The van der Waals surface area contributed by atoms with Gasteiger partial charge in [0.25, 0.3) is 0 Å². The standard InChI is InChI=1S/C11H12FN3OS/c1-16-11(13)9-7-8(10-3-2-6-17-10)14-15(9)5-4-12/h2-3,6-7,13H,4-5H2,1H3. The summed E-state index contributed by atoms with van der Waals surface area (Å²) in [7, 11) is 1.42. The first-order valence-corrected chi connectivity index (χ1v) is 5.95. The first kappa shape index (κ1) is 11.8. The van der Waals surface area contributed by atoms with E-state index in [-0.39, 0.29) is 12.4 Å². The number of nitrogens with zero attached hydrogens (tertiary/aromatic N) is 2. The molecule has 0 spiro atoms. The molecule has 0 fully saturated rings. The average molecular weight is 253 g/mol. The van der Waals surface area contributed by atoms with Gasteiger partial charge in [-0.15, -0.1) is 11.3 Å². The predicted molar refractivity (Wildman–Crippen MR) is 65.4 cm³/mol. The van der Waals surface area contributed by atoms with Crippen molar-refractivity contribution in [3.8, 4) is 10.6 Å². The fraction of sp³-hybridized carbons (Fsp3) is 0.273. The van der Waals surface area contributed by atoms with Crippen LogP contribution in [0.25, 0.3) is 10.6 Å². The highest BCUT2D eigenvalue weighted by Gasteiger charge is 2.14. The number of aromatic nitrogens is 2. The van der Waals surface area contributed by atoms with Crippen LogP contribution in [0.3, 0.4) is 0 Å². The van der Waals surface area contributed by atoms with E-state index in [0.717, 1.165) is 10.6 Å². The molecular weight excluding hydrogens is 241 g/mol. The molecule has 17 heavy (non-hydrogen) atoms. The molecule has 0 atom stereocenters. The zero-order chi connectivity index (χ0) is 12.3. The summed E-state index contributed by atoms with van der Waals surface area (Å²) in [6, 6.07) is 5.61. The molecule has 2 aromatic heterocycles. The number of thiophene rings is 1.